The zero-order chi connectivity index (χ0) is 24.0. The Morgan fingerprint density at radius 1 is 1.24 bits per heavy atom. The normalized spacial score (nSPS) is 19.3. The van der Waals surface area contributed by atoms with E-state index in [0.29, 0.717) is 24.2 Å². The van der Waals surface area contributed by atoms with E-state index >= 15 is 0 Å². The van der Waals surface area contributed by atoms with Crippen molar-refractivity contribution in [3.63, 3.8) is 0 Å². The number of nitrogens with two attached hydrogens (primary N) is 1. The first-order chi connectivity index (χ1) is 16.3. The van der Waals surface area contributed by atoms with Crippen molar-refractivity contribution in [1.82, 2.24) is 29.4 Å². The second kappa shape index (κ2) is 8.43. The summed E-state index contributed by atoms with van der Waals surface area (Å²) in [6.07, 6.45) is 6.99. The Morgan fingerprint density at radius 2 is 2.06 bits per heavy atom. The highest BCUT2D eigenvalue weighted by molar-refractivity contribution is 5.93. The number of hydrogen-bond acceptors (Lipinski definition) is 8. The second-order valence-electron chi connectivity index (χ2n) is 9.76. The van der Waals surface area contributed by atoms with E-state index in [1.165, 1.54) is 0 Å². The lowest BCUT2D eigenvalue weighted by Gasteiger charge is -2.39. The average molecular weight is 465 g/mol. The third-order valence-corrected chi connectivity index (χ3v) is 6.56. The number of nitrogen functional groups attached to an aromatic ring is 1. The van der Waals surface area contributed by atoms with Crippen molar-refractivity contribution in [2.75, 3.05) is 24.3 Å². The van der Waals surface area contributed by atoms with E-state index < -0.39 is 5.60 Å². The van der Waals surface area contributed by atoms with E-state index in [-0.39, 0.29) is 5.92 Å². The first-order valence-electron chi connectivity index (χ1n) is 11.8. The molecule has 10 nitrogen and oxygen atoms in total. The van der Waals surface area contributed by atoms with Crippen LogP contribution in [0.4, 0.5) is 11.6 Å². The Hall–Kier alpha value is -3.40. The number of ether oxygens (including phenoxy) is 1. The molecule has 0 bridgehead atoms. The van der Waals surface area contributed by atoms with Gasteiger partial charge in [0.1, 0.15) is 5.75 Å². The van der Waals surface area contributed by atoms with Crippen LogP contribution in [0.25, 0.3) is 16.6 Å². The van der Waals surface area contributed by atoms with Crippen molar-refractivity contribution < 1.29 is 9.84 Å². The lowest BCUT2D eigenvalue weighted by atomic mass is 9.90. The average Bonchev–Trinajstić information content (AvgIpc) is 3.45. The lowest BCUT2D eigenvalue weighted by molar-refractivity contribution is 0.0577. The van der Waals surface area contributed by atoms with Crippen LogP contribution < -0.4 is 15.4 Å². The molecule has 3 N–H and O–H groups in total. The van der Waals surface area contributed by atoms with Gasteiger partial charge in [0.05, 0.1) is 36.7 Å². The number of aromatic nitrogens is 6. The van der Waals surface area contributed by atoms with E-state index in [1.54, 1.807) is 25.5 Å². The van der Waals surface area contributed by atoms with Gasteiger partial charge in [-0.2, -0.15) is 9.61 Å². The summed E-state index contributed by atoms with van der Waals surface area (Å²) in [6.45, 7) is 7.03. The summed E-state index contributed by atoms with van der Waals surface area (Å²) in [4.78, 5) is 11.8. The summed E-state index contributed by atoms with van der Waals surface area (Å²) in [5.41, 5.74) is 7.92. The number of fused-ring (bicyclic) bond motifs is 3. The molecule has 4 heterocycles. The predicted octanol–water partition coefficient (Wildman–Crippen LogP) is 3.00. The van der Waals surface area contributed by atoms with E-state index in [4.69, 9.17) is 20.6 Å². The number of piperidine rings is 1. The molecule has 1 aliphatic rings. The molecule has 180 valence electrons. The zero-order valence-electron chi connectivity index (χ0n) is 20.1. The van der Waals surface area contributed by atoms with Gasteiger partial charge in [0.25, 0.3) is 0 Å². The minimum atomic E-state index is -0.820. The molecule has 10 heteroatoms. The minimum Gasteiger partial charge on any atom is -0.497 e. The van der Waals surface area contributed by atoms with Crippen molar-refractivity contribution in [3.05, 3.63) is 36.4 Å². The summed E-state index contributed by atoms with van der Waals surface area (Å²) < 4.78 is 8.78. The Kier molecular flexibility index (Phi) is 5.55. The molecule has 1 saturated heterocycles. The largest absolute Gasteiger partial charge is 0.497 e. The fourth-order valence-corrected chi connectivity index (χ4v) is 4.89. The maximum atomic E-state index is 10.2. The van der Waals surface area contributed by atoms with Crippen molar-refractivity contribution in [3.8, 4) is 5.75 Å². The van der Waals surface area contributed by atoms with E-state index in [1.807, 2.05) is 35.3 Å². The molecule has 0 amide bonds. The molecule has 1 aliphatic heterocycles. The van der Waals surface area contributed by atoms with Crippen LogP contribution in [0.5, 0.6) is 5.75 Å². The molecule has 2 unspecified atom stereocenters. The molecule has 0 spiro atoms. The SMILES string of the molecule is CCC1CCC(c2nc3c4ccc(OC)cc4nc(N)n3n2)CN1c1cnn(CC(C)(C)O)c1. The summed E-state index contributed by atoms with van der Waals surface area (Å²) in [7, 11) is 1.63. The topological polar surface area (TPSA) is 120 Å². The van der Waals surface area contributed by atoms with E-state index in [9.17, 15) is 5.11 Å². The third-order valence-electron chi connectivity index (χ3n) is 6.56. The number of hydrogen-bond donors (Lipinski definition) is 2. The van der Waals surface area contributed by atoms with E-state index in [0.717, 1.165) is 54.0 Å². The number of methoxy groups -OCH3 is 1. The molecule has 5 rings (SSSR count). The molecule has 4 aromatic rings. The van der Waals surface area contributed by atoms with Crippen LogP contribution in [0.15, 0.2) is 30.6 Å². The van der Waals surface area contributed by atoms with Gasteiger partial charge in [-0.05, 0) is 45.2 Å². The summed E-state index contributed by atoms with van der Waals surface area (Å²) in [5, 5.41) is 20.3. The smallest absolute Gasteiger partial charge is 0.223 e. The van der Waals surface area contributed by atoms with E-state index in [2.05, 4.69) is 21.9 Å². The quantitative estimate of drug-likeness (QED) is 0.447. The van der Waals surface area contributed by atoms with Crippen LogP contribution in [0, 0.1) is 0 Å². The van der Waals surface area contributed by atoms with Gasteiger partial charge in [-0.15, -0.1) is 5.10 Å². The van der Waals surface area contributed by atoms with Crippen molar-refractivity contribution in [1.29, 1.82) is 0 Å². The third kappa shape index (κ3) is 4.13. The molecule has 0 radical (unpaired) electrons. The summed E-state index contributed by atoms with van der Waals surface area (Å²) in [5.74, 6) is 1.97. The lowest BCUT2D eigenvalue weighted by Crippen LogP contribution is -2.42. The minimum absolute atomic E-state index is 0.160. The monoisotopic (exact) mass is 464 g/mol. The number of anilines is 2. The van der Waals surface area contributed by atoms with Crippen LogP contribution in [0.2, 0.25) is 0 Å². The Balaban J connectivity index is 1.47. The van der Waals surface area contributed by atoms with Crippen LogP contribution in [-0.2, 0) is 6.54 Å². The van der Waals surface area contributed by atoms with Crippen LogP contribution >= 0.6 is 0 Å². The maximum Gasteiger partial charge on any atom is 0.223 e. The second-order valence-corrected chi connectivity index (χ2v) is 9.76. The molecule has 34 heavy (non-hydrogen) atoms. The Labute approximate surface area is 198 Å². The first kappa shape index (κ1) is 22.4. The number of nitrogens with zero attached hydrogens (tertiary/aromatic N) is 7. The Morgan fingerprint density at radius 3 is 2.79 bits per heavy atom. The van der Waals surface area contributed by atoms with Crippen molar-refractivity contribution in [2.24, 2.45) is 0 Å². The van der Waals surface area contributed by atoms with Gasteiger partial charge in [-0.1, -0.05) is 6.92 Å². The molecule has 0 saturated carbocycles. The Bertz CT molecular complexity index is 1320. The van der Waals surface area contributed by atoms with Gasteiger partial charge >= 0.3 is 0 Å². The number of benzene rings is 1. The van der Waals surface area contributed by atoms with Crippen molar-refractivity contribution in [2.45, 2.75) is 64.1 Å². The van der Waals surface area contributed by atoms with Crippen LogP contribution in [0.3, 0.4) is 0 Å². The maximum absolute atomic E-state index is 10.2. The van der Waals surface area contributed by atoms with Gasteiger partial charge in [-0.3, -0.25) is 4.68 Å². The highest BCUT2D eigenvalue weighted by atomic mass is 16.5. The molecule has 3 aromatic heterocycles. The van der Waals surface area contributed by atoms with Gasteiger partial charge in [0, 0.05) is 36.2 Å². The summed E-state index contributed by atoms with van der Waals surface area (Å²) >= 11 is 0. The highest BCUT2D eigenvalue weighted by Gasteiger charge is 2.32. The molecule has 1 fully saturated rings. The number of aliphatic hydroxyl groups is 1. The molecule has 2 atom stereocenters. The molecular weight excluding hydrogens is 432 g/mol. The highest BCUT2D eigenvalue weighted by Crippen LogP contribution is 2.34. The fourth-order valence-electron chi connectivity index (χ4n) is 4.89. The van der Waals surface area contributed by atoms with Crippen LogP contribution in [-0.4, -0.2) is 59.8 Å². The van der Waals surface area contributed by atoms with Gasteiger partial charge in [-0.25, -0.2) is 9.97 Å². The summed E-state index contributed by atoms with van der Waals surface area (Å²) in [6, 6.07) is 6.13. The predicted molar refractivity (Wildman–Crippen MR) is 131 cm³/mol. The molecule has 1 aromatic carbocycles. The first-order valence-corrected chi connectivity index (χ1v) is 11.8. The van der Waals surface area contributed by atoms with Crippen LogP contribution in [0.1, 0.15) is 51.8 Å². The fraction of sp³-hybridized carbons (Fsp3) is 0.500. The molecular formula is C24H32N8O2. The number of rotatable bonds is 6. The van der Waals surface area contributed by atoms with Crippen molar-refractivity contribution >= 4 is 28.2 Å². The van der Waals surface area contributed by atoms with Gasteiger partial charge in [0.2, 0.25) is 5.95 Å². The standard InChI is InChI=1S/C24H32N8O2/c1-5-16-7-6-15(12-31(16)17-11-26-30(13-17)14-24(2,3)33)21-28-22-19-9-8-18(34-4)10-20(19)27-23(25)32(22)29-21/h8-11,13,15-16,33H,5-7,12,14H2,1-4H3,(H2,25,27). The van der Waals surface area contributed by atoms with Gasteiger partial charge < -0.3 is 20.5 Å². The zero-order valence-corrected chi connectivity index (χ0v) is 20.1. The van der Waals surface area contributed by atoms with Gasteiger partial charge in [0.15, 0.2) is 11.5 Å². The molecule has 0 aliphatic carbocycles.